The Kier molecular flexibility index (Phi) is 4.33. The lowest BCUT2D eigenvalue weighted by molar-refractivity contribution is -0.123. The first kappa shape index (κ1) is 14.0. The first-order valence-electron chi connectivity index (χ1n) is 5.66. The third-order valence-electron chi connectivity index (χ3n) is 2.40. The molecule has 0 atom stereocenters. The fourth-order valence-electron chi connectivity index (χ4n) is 1.52. The number of rotatable bonds is 4. The first-order valence-corrected chi connectivity index (χ1v) is 6.48. The Hall–Kier alpha value is -2.39. The summed E-state index contributed by atoms with van der Waals surface area (Å²) in [6.45, 7) is -0.318. The monoisotopic (exact) mass is 291 g/mol. The number of thiophene rings is 1. The standard InChI is InChI=1S/C14H10FNO3S/c1-2-5-16-13(17)8-19-14(18)12-7-9-6-10(15)3-4-11(9)20-12/h1,3-4,6-7H,5,8H2,(H,16,17). The lowest BCUT2D eigenvalue weighted by Gasteiger charge is -2.02. The third-order valence-corrected chi connectivity index (χ3v) is 3.50. The van der Waals surface area contributed by atoms with Crippen LogP contribution in [0.5, 0.6) is 0 Å². The van der Waals surface area contributed by atoms with E-state index in [0.29, 0.717) is 10.3 Å². The van der Waals surface area contributed by atoms with Gasteiger partial charge in [-0.05, 0) is 29.7 Å². The smallest absolute Gasteiger partial charge is 0.348 e. The molecule has 1 aromatic carbocycles. The zero-order valence-electron chi connectivity index (χ0n) is 10.3. The molecule has 0 bridgehead atoms. The number of hydrogen-bond acceptors (Lipinski definition) is 4. The Balaban J connectivity index is 2.01. The van der Waals surface area contributed by atoms with Crippen molar-refractivity contribution in [3.8, 4) is 12.3 Å². The van der Waals surface area contributed by atoms with Crippen molar-refractivity contribution in [2.24, 2.45) is 0 Å². The predicted octanol–water partition coefficient (Wildman–Crippen LogP) is 1.95. The van der Waals surface area contributed by atoms with Gasteiger partial charge in [-0.1, -0.05) is 5.92 Å². The van der Waals surface area contributed by atoms with Crippen LogP contribution in [0.2, 0.25) is 0 Å². The molecule has 1 amide bonds. The largest absolute Gasteiger partial charge is 0.451 e. The van der Waals surface area contributed by atoms with Gasteiger partial charge >= 0.3 is 5.97 Å². The van der Waals surface area contributed by atoms with E-state index in [2.05, 4.69) is 11.2 Å². The first-order chi connectivity index (χ1) is 9.60. The van der Waals surface area contributed by atoms with Crippen LogP contribution in [0.1, 0.15) is 9.67 Å². The van der Waals surface area contributed by atoms with Crippen molar-refractivity contribution < 1.29 is 18.7 Å². The molecule has 2 aromatic rings. The molecule has 0 saturated heterocycles. The molecule has 0 aliphatic heterocycles. The molecular formula is C14H10FNO3S. The molecule has 0 aliphatic rings. The predicted molar refractivity (Wildman–Crippen MR) is 73.9 cm³/mol. The van der Waals surface area contributed by atoms with E-state index in [1.54, 1.807) is 6.07 Å². The summed E-state index contributed by atoms with van der Waals surface area (Å²) in [7, 11) is 0. The van der Waals surface area contributed by atoms with Crippen LogP contribution < -0.4 is 5.32 Å². The number of carbonyl (C=O) groups is 2. The lowest BCUT2D eigenvalue weighted by atomic mass is 10.2. The van der Waals surface area contributed by atoms with E-state index in [9.17, 15) is 14.0 Å². The number of benzene rings is 1. The summed E-state index contributed by atoms with van der Waals surface area (Å²) in [4.78, 5) is 23.3. The van der Waals surface area contributed by atoms with Crippen molar-refractivity contribution in [3.05, 3.63) is 35.0 Å². The minimum atomic E-state index is -0.623. The van der Waals surface area contributed by atoms with Crippen LogP contribution in [-0.4, -0.2) is 25.0 Å². The summed E-state index contributed by atoms with van der Waals surface area (Å²) in [5.74, 6) is 0.772. The van der Waals surface area contributed by atoms with Gasteiger partial charge in [-0.3, -0.25) is 4.79 Å². The van der Waals surface area contributed by atoms with Crippen LogP contribution in [-0.2, 0) is 9.53 Å². The quantitative estimate of drug-likeness (QED) is 0.692. The van der Waals surface area contributed by atoms with Gasteiger partial charge in [0.15, 0.2) is 6.61 Å². The maximum Gasteiger partial charge on any atom is 0.348 e. The maximum atomic E-state index is 13.0. The van der Waals surface area contributed by atoms with Crippen molar-refractivity contribution in [2.45, 2.75) is 0 Å². The molecule has 0 aliphatic carbocycles. The van der Waals surface area contributed by atoms with Gasteiger partial charge in [0.05, 0.1) is 6.54 Å². The Bertz CT molecular complexity index is 702. The number of fused-ring (bicyclic) bond motifs is 1. The van der Waals surface area contributed by atoms with Gasteiger partial charge in [-0.2, -0.15) is 0 Å². The number of terminal acetylenes is 1. The minimum absolute atomic E-state index is 0.0819. The average molecular weight is 291 g/mol. The second-order valence-corrected chi connectivity index (χ2v) is 4.93. The normalized spacial score (nSPS) is 10.0. The summed E-state index contributed by atoms with van der Waals surface area (Å²) in [5.41, 5.74) is 0. The molecule has 4 nitrogen and oxygen atoms in total. The van der Waals surface area contributed by atoms with Crippen LogP contribution in [0.25, 0.3) is 10.1 Å². The van der Waals surface area contributed by atoms with Gasteiger partial charge in [0.25, 0.3) is 5.91 Å². The second kappa shape index (κ2) is 6.17. The molecular weight excluding hydrogens is 281 g/mol. The highest BCUT2D eigenvalue weighted by molar-refractivity contribution is 7.20. The molecule has 1 aromatic heterocycles. The Labute approximate surface area is 118 Å². The molecule has 1 N–H and O–H groups in total. The van der Waals surface area contributed by atoms with Gasteiger partial charge in [0.2, 0.25) is 0 Å². The molecule has 2 rings (SSSR count). The van der Waals surface area contributed by atoms with Gasteiger partial charge in [-0.15, -0.1) is 17.8 Å². The van der Waals surface area contributed by atoms with E-state index in [1.165, 1.54) is 29.5 Å². The summed E-state index contributed by atoms with van der Waals surface area (Å²) >= 11 is 1.18. The SMILES string of the molecule is C#CCNC(=O)COC(=O)c1cc2cc(F)ccc2s1. The molecule has 1 heterocycles. The summed E-state index contributed by atoms with van der Waals surface area (Å²) in [5, 5.41) is 3.00. The van der Waals surface area contributed by atoms with E-state index < -0.39 is 18.5 Å². The number of nitrogens with one attached hydrogen (secondary N) is 1. The number of esters is 1. The molecule has 6 heteroatoms. The fraction of sp³-hybridized carbons (Fsp3) is 0.143. The lowest BCUT2D eigenvalue weighted by Crippen LogP contribution is -2.28. The summed E-state index contributed by atoms with van der Waals surface area (Å²) in [6, 6.07) is 5.78. The minimum Gasteiger partial charge on any atom is -0.451 e. The Morgan fingerprint density at radius 1 is 1.40 bits per heavy atom. The van der Waals surface area contributed by atoms with E-state index in [4.69, 9.17) is 11.2 Å². The zero-order chi connectivity index (χ0) is 14.5. The molecule has 0 radical (unpaired) electrons. The van der Waals surface area contributed by atoms with Gasteiger partial charge in [0, 0.05) is 4.70 Å². The van der Waals surface area contributed by atoms with Crippen molar-refractivity contribution in [1.82, 2.24) is 5.32 Å². The zero-order valence-corrected chi connectivity index (χ0v) is 11.1. The van der Waals surface area contributed by atoms with Crippen LogP contribution in [0.3, 0.4) is 0 Å². The highest BCUT2D eigenvalue weighted by Crippen LogP contribution is 2.26. The number of carbonyl (C=O) groups excluding carboxylic acids is 2. The van der Waals surface area contributed by atoms with E-state index in [1.807, 2.05) is 0 Å². The van der Waals surface area contributed by atoms with Crippen LogP contribution in [0.4, 0.5) is 4.39 Å². The Morgan fingerprint density at radius 2 is 2.20 bits per heavy atom. The van der Waals surface area contributed by atoms with Crippen LogP contribution in [0, 0.1) is 18.2 Å². The van der Waals surface area contributed by atoms with Crippen molar-refractivity contribution >= 4 is 33.3 Å². The molecule has 0 unspecified atom stereocenters. The van der Waals surface area contributed by atoms with Crippen molar-refractivity contribution in [3.63, 3.8) is 0 Å². The van der Waals surface area contributed by atoms with E-state index in [-0.39, 0.29) is 12.4 Å². The van der Waals surface area contributed by atoms with E-state index in [0.717, 1.165) is 4.70 Å². The second-order valence-electron chi connectivity index (χ2n) is 3.85. The highest BCUT2D eigenvalue weighted by Gasteiger charge is 2.13. The van der Waals surface area contributed by atoms with E-state index >= 15 is 0 Å². The highest BCUT2D eigenvalue weighted by atomic mass is 32.1. The van der Waals surface area contributed by atoms with Crippen LogP contribution in [0.15, 0.2) is 24.3 Å². The molecule has 102 valence electrons. The molecule has 0 saturated carbocycles. The van der Waals surface area contributed by atoms with Gasteiger partial charge in [0.1, 0.15) is 10.7 Å². The van der Waals surface area contributed by atoms with Crippen molar-refractivity contribution in [1.29, 1.82) is 0 Å². The number of hydrogen-bond donors (Lipinski definition) is 1. The number of ether oxygens (including phenoxy) is 1. The average Bonchev–Trinajstić information content (AvgIpc) is 2.85. The molecule has 20 heavy (non-hydrogen) atoms. The molecule has 0 fully saturated rings. The third kappa shape index (κ3) is 3.33. The molecule has 0 spiro atoms. The summed E-state index contributed by atoms with van der Waals surface area (Å²) in [6.07, 6.45) is 4.98. The topological polar surface area (TPSA) is 55.4 Å². The van der Waals surface area contributed by atoms with Crippen LogP contribution >= 0.6 is 11.3 Å². The number of amides is 1. The van der Waals surface area contributed by atoms with Gasteiger partial charge < -0.3 is 10.1 Å². The summed E-state index contributed by atoms with van der Waals surface area (Å²) < 4.78 is 18.7. The number of halogens is 1. The van der Waals surface area contributed by atoms with Gasteiger partial charge in [-0.25, -0.2) is 9.18 Å². The maximum absolute atomic E-state index is 13.0. The fourth-order valence-corrected chi connectivity index (χ4v) is 2.45. The van der Waals surface area contributed by atoms with Crippen molar-refractivity contribution in [2.75, 3.05) is 13.2 Å². The Morgan fingerprint density at radius 3 is 2.95 bits per heavy atom.